The SMILES string of the molecule is Nc1nc(OCCO)nc2c1ncn2CC1=CC=CC=CC1. The number of nitrogens with two attached hydrogens (primary N) is 1. The summed E-state index contributed by atoms with van der Waals surface area (Å²) in [4.78, 5) is 12.6. The Morgan fingerprint density at radius 1 is 1.27 bits per heavy atom. The van der Waals surface area contributed by atoms with Gasteiger partial charge in [-0.05, 0) is 12.0 Å². The van der Waals surface area contributed by atoms with E-state index in [1.54, 1.807) is 6.33 Å². The first-order valence-corrected chi connectivity index (χ1v) is 7.01. The Kier molecular flexibility index (Phi) is 4.15. The van der Waals surface area contributed by atoms with Gasteiger partial charge in [-0.2, -0.15) is 9.97 Å². The number of fused-ring (bicyclic) bond motifs is 1. The molecule has 0 aliphatic heterocycles. The molecule has 0 saturated heterocycles. The van der Waals surface area contributed by atoms with Crippen LogP contribution >= 0.6 is 0 Å². The van der Waals surface area contributed by atoms with Crippen LogP contribution in [-0.2, 0) is 6.54 Å². The summed E-state index contributed by atoms with van der Waals surface area (Å²) in [5.74, 6) is 0.270. The van der Waals surface area contributed by atoms with E-state index in [4.69, 9.17) is 15.6 Å². The third-order valence-corrected chi connectivity index (χ3v) is 3.24. The van der Waals surface area contributed by atoms with Crippen LogP contribution < -0.4 is 10.5 Å². The van der Waals surface area contributed by atoms with Gasteiger partial charge in [0.2, 0.25) is 0 Å². The number of nitrogen functional groups attached to an aromatic ring is 1. The first kappa shape index (κ1) is 14.3. The Morgan fingerprint density at radius 2 is 2.18 bits per heavy atom. The van der Waals surface area contributed by atoms with E-state index in [9.17, 15) is 0 Å². The average molecular weight is 299 g/mol. The highest BCUT2D eigenvalue weighted by Gasteiger charge is 2.12. The van der Waals surface area contributed by atoms with Crippen LogP contribution in [0.5, 0.6) is 6.01 Å². The highest BCUT2D eigenvalue weighted by molar-refractivity contribution is 5.81. The Balaban J connectivity index is 1.92. The molecule has 1 aliphatic rings. The van der Waals surface area contributed by atoms with Crippen molar-refractivity contribution in [3.63, 3.8) is 0 Å². The summed E-state index contributed by atoms with van der Waals surface area (Å²) < 4.78 is 7.16. The summed E-state index contributed by atoms with van der Waals surface area (Å²) in [5.41, 5.74) is 8.31. The number of aromatic nitrogens is 4. The number of imidazole rings is 1. The van der Waals surface area contributed by atoms with E-state index in [1.165, 1.54) is 5.57 Å². The molecular weight excluding hydrogens is 282 g/mol. The zero-order valence-electron chi connectivity index (χ0n) is 12.0. The number of hydrogen-bond acceptors (Lipinski definition) is 6. The molecule has 0 aromatic carbocycles. The lowest BCUT2D eigenvalue weighted by molar-refractivity contribution is 0.192. The second kappa shape index (κ2) is 6.40. The lowest BCUT2D eigenvalue weighted by Crippen LogP contribution is -2.08. The summed E-state index contributed by atoms with van der Waals surface area (Å²) in [6.07, 6.45) is 12.8. The van der Waals surface area contributed by atoms with E-state index >= 15 is 0 Å². The molecule has 7 heteroatoms. The molecule has 0 radical (unpaired) electrons. The molecule has 3 rings (SSSR count). The number of nitrogens with zero attached hydrogens (tertiary/aromatic N) is 4. The molecule has 114 valence electrons. The van der Waals surface area contributed by atoms with E-state index in [0.717, 1.165) is 6.42 Å². The molecular formula is C15H17N5O2. The van der Waals surface area contributed by atoms with Crippen molar-refractivity contribution in [1.82, 2.24) is 19.5 Å². The standard InChI is InChI=1S/C15H17N5O2/c16-13-12-14(19-15(18-13)22-8-7-21)20(10-17-12)9-11-5-3-1-2-4-6-11/h1-5,10,21H,6-9H2,(H2,16,18,19). The molecule has 0 saturated carbocycles. The molecule has 2 aromatic heterocycles. The van der Waals surface area contributed by atoms with Gasteiger partial charge in [0.15, 0.2) is 17.0 Å². The van der Waals surface area contributed by atoms with Crippen LogP contribution in [0.25, 0.3) is 11.2 Å². The maximum atomic E-state index is 8.82. The van der Waals surface area contributed by atoms with Crippen molar-refractivity contribution in [2.24, 2.45) is 0 Å². The zero-order valence-corrected chi connectivity index (χ0v) is 12.0. The fraction of sp³-hybridized carbons (Fsp3) is 0.267. The normalized spacial score (nSPS) is 14.1. The quantitative estimate of drug-likeness (QED) is 0.861. The third-order valence-electron chi connectivity index (χ3n) is 3.24. The highest BCUT2D eigenvalue weighted by Crippen LogP contribution is 2.21. The lowest BCUT2D eigenvalue weighted by atomic mass is 10.2. The van der Waals surface area contributed by atoms with E-state index in [0.29, 0.717) is 17.7 Å². The van der Waals surface area contributed by atoms with Gasteiger partial charge < -0.3 is 20.1 Å². The van der Waals surface area contributed by atoms with Crippen LogP contribution in [0.1, 0.15) is 6.42 Å². The van der Waals surface area contributed by atoms with E-state index < -0.39 is 0 Å². The fourth-order valence-electron chi connectivity index (χ4n) is 2.22. The van der Waals surface area contributed by atoms with Crippen molar-refractivity contribution < 1.29 is 9.84 Å². The molecule has 0 bridgehead atoms. The number of rotatable bonds is 5. The topological polar surface area (TPSA) is 99.1 Å². The Bertz CT molecular complexity index is 761. The Morgan fingerprint density at radius 3 is 3.05 bits per heavy atom. The molecule has 0 unspecified atom stereocenters. The summed E-state index contributed by atoms with van der Waals surface area (Å²) in [7, 11) is 0. The van der Waals surface area contributed by atoms with Crippen LogP contribution in [0.4, 0.5) is 5.82 Å². The van der Waals surface area contributed by atoms with Crippen LogP contribution in [0.3, 0.4) is 0 Å². The van der Waals surface area contributed by atoms with Gasteiger partial charge in [0, 0.05) is 6.54 Å². The number of hydrogen-bond donors (Lipinski definition) is 2. The molecule has 0 fully saturated rings. The molecule has 7 nitrogen and oxygen atoms in total. The van der Waals surface area contributed by atoms with Gasteiger partial charge in [0.05, 0.1) is 12.9 Å². The van der Waals surface area contributed by atoms with Gasteiger partial charge >= 0.3 is 6.01 Å². The summed E-state index contributed by atoms with van der Waals surface area (Å²) >= 11 is 0. The maximum Gasteiger partial charge on any atom is 0.320 e. The third kappa shape index (κ3) is 2.99. The molecule has 0 amide bonds. The number of aliphatic hydroxyl groups is 1. The van der Waals surface area contributed by atoms with Crippen molar-refractivity contribution in [2.75, 3.05) is 18.9 Å². The van der Waals surface area contributed by atoms with Crippen molar-refractivity contribution in [1.29, 1.82) is 0 Å². The molecule has 0 atom stereocenters. The largest absolute Gasteiger partial charge is 0.461 e. The Hall–Kier alpha value is -2.67. The number of aliphatic hydroxyl groups excluding tert-OH is 1. The second-order valence-corrected chi connectivity index (χ2v) is 4.85. The minimum absolute atomic E-state index is 0.105. The minimum atomic E-state index is -0.105. The predicted molar refractivity (Wildman–Crippen MR) is 83.3 cm³/mol. The lowest BCUT2D eigenvalue weighted by Gasteiger charge is -2.08. The van der Waals surface area contributed by atoms with E-state index in [1.807, 2.05) is 22.8 Å². The van der Waals surface area contributed by atoms with Gasteiger partial charge in [-0.25, -0.2) is 4.98 Å². The summed E-state index contributed by atoms with van der Waals surface area (Å²) in [6, 6.07) is 0.149. The summed E-state index contributed by atoms with van der Waals surface area (Å²) in [6.45, 7) is 0.688. The molecule has 22 heavy (non-hydrogen) atoms. The van der Waals surface area contributed by atoms with Gasteiger partial charge in [0.25, 0.3) is 0 Å². The highest BCUT2D eigenvalue weighted by atomic mass is 16.5. The van der Waals surface area contributed by atoms with Crippen molar-refractivity contribution in [2.45, 2.75) is 13.0 Å². The summed E-state index contributed by atoms with van der Waals surface area (Å²) in [5, 5.41) is 8.82. The molecule has 3 N–H and O–H groups in total. The predicted octanol–water partition coefficient (Wildman–Crippen LogP) is 1.22. The smallest absolute Gasteiger partial charge is 0.320 e. The van der Waals surface area contributed by atoms with Gasteiger partial charge in [-0.1, -0.05) is 30.4 Å². The number of anilines is 1. The number of ether oxygens (including phenoxy) is 1. The van der Waals surface area contributed by atoms with Gasteiger partial charge in [-0.15, -0.1) is 0 Å². The van der Waals surface area contributed by atoms with Crippen LogP contribution in [0.15, 0.2) is 42.3 Å². The van der Waals surface area contributed by atoms with Crippen LogP contribution in [0.2, 0.25) is 0 Å². The fourth-order valence-corrected chi connectivity index (χ4v) is 2.22. The van der Waals surface area contributed by atoms with E-state index in [2.05, 4.69) is 27.1 Å². The first-order valence-electron chi connectivity index (χ1n) is 7.01. The second-order valence-electron chi connectivity index (χ2n) is 4.85. The molecule has 1 aliphatic carbocycles. The first-order chi connectivity index (χ1) is 10.8. The molecule has 0 spiro atoms. The van der Waals surface area contributed by atoms with Crippen LogP contribution in [0, 0.1) is 0 Å². The van der Waals surface area contributed by atoms with E-state index in [-0.39, 0.29) is 25.0 Å². The Labute approximate surface area is 127 Å². The molecule has 2 aromatic rings. The van der Waals surface area contributed by atoms with Crippen molar-refractivity contribution in [3.05, 3.63) is 42.3 Å². The average Bonchev–Trinajstić information content (AvgIpc) is 2.74. The van der Waals surface area contributed by atoms with Crippen LogP contribution in [-0.4, -0.2) is 37.8 Å². The van der Waals surface area contributed by atoms with Crippen molar-refractivity contribution in [3.8, 4) is 6.01 Å². The monoisotopic (exact) mass is 299 g/mol. The number of allylic oxidation sites excluding steroid dienone is 6. The maximum absolute atomic E-state index is 8.82. The zero-order chi connectivity index (χ0) is 15.4. The minimum Gasteiger partial charge on any atom is -0.461 e. The molecule has 2 heterocycles. The van der Waals surface area contributed by atoms with Gasteiger partial charge in [0.1, 0.15) is 6.61 Å². The van der Waals surface area contributed by atoms with Gasteiger partial charge in [-0.3, -0.25) is 0 Å². The van der Waals surface area contributed by atoms with Crippen molar-refractivity contribution >= 4 is 17.0 Å².